The Labute approximate surface area is 116 Å². The largest absolute Gasteiger partial charge is 0.376 e. The molecule has 1 atom stereocenters. The Bertz CT molecular complexity index is 282. The van der Waals surface area contributed by atoms with Crippen LogP contribution in [0.5, 0.6) is 0 Å². The first-order valence-electron chi connectivity index (χ1n) is 7.87. The summed E-state index contributed by atoms with van der Waals surface area (Å²) in [6.07, 6.45) is 8.42. The number of nitrogens with one attached hydrogen (secondary N) is 2. The maximum absolute atomic E-state index is 12.3. The third-order valence-corrected chi connectivity index (χ3v) is 4.50. The first-order chi connectivity index (χ1) is 9.27. The highest BCUT2D eigenvalue weighted by molar-refractivity contribution is 5.83. The van der Waals surface area contributed by atoms with Crippen molar-refractivity contribution < 1.29 is 9.53 Å². The maximum Gasteiger partial charge on any atom is 0.227 e. The van der Waals surface area contributed by atoms with Crippen LogP contribution < -0.4 is 10.6 Å². The topological polar surface area (TPSA) is 50.4 Å². The number of hydrogen-bond acceptors (Lipinski definition) is 3. The molecule has 4 heteroatoms. The Morgan fingerprint density at radius 2 is 2.21 bits per heavy atom. The van der Waals surface area contributed by atoms with Gasteiger partial charge in [0.1, 0.15) is 0 Å². The minimum atomic E-state index is -0.165. The van der Waals surface area contributed by atoms with Crippen LogP contribution in [0.2, 0.25) is 0 Å². The van der Waals surface area contributed by atoms with Gasteiger partial charge in [-0.15, -0.1) is 0 Å². The molecule has 0 aromatic heterocycles. The van der Waals surface area contributed by atoms with Crippen LogP contribution in [-0.2, 0) is 9.53 Å². The molecule has 110 valence electrons. The minimum Gasteiger partial charge on any atom is -0.376 e. The summed E-state index contributed by atoms with van der Waals surface area (Å²) in [5.74, 6) is 0.217. The fourth-order valence-corrected chi connectivity index (χ4v) is 3.38. The number of amides is 1. The van der Waals surface area contributed by atoms with E-state index in [4.69, 9.17) is 4.74 Å². The van der Waals surface area contributed by atoms with Crippen molar-refractivity contribution in [2.45, 2.75) is 58.0 Å². The summed E-state index contributed by atoms with van der Waals surface area (Å²) >= 11 is 0. The second-order valence-corrected chi connectivity index (χ2v) is 5.99. The highest BCUT2D eigenvalue weighted by atomic mass is 16.5. The molecule has 0 aromatic rings. The van der Waals surface area contributed by atoms with Crippen LogP contribution in [0.3, 0.4) is 0 Å². The summed E-state index contributed by atoms with van der Waals surface area (Å²) in [4.78, 5) is 12.3. The van der Waals surface area contributed by atoms with E-state index in [-0.39, 0.29) is 11.3 Å². The van der Waals surface area contributed by atoms with E-state index in [1.54, 1.807) is 0 Å². The lowest BCUT2D eigenvalue weighted by molar-refractivity contribution is -0.130. The summed E-state index contributed by atoms with van der Waals surface area (Å²) < 4.78 is 5.78. The standard InChI is InChI=1S/C15H28N2O2/c1-2-7-15(8-9-16-12-15)14(18)17-10-11-19-13-5-3-4-6-13/h13,16H,2-12H2,1H3,(H,17,18). The summed E-state index contributed by atoms with van der Waals surface area (Å²) in [5, 5.41) is 6.39. The van der Waals surface area contributed by atoms with E-state index in [0.717, 1.165) is 32.4 Å². The predicted octanol–water partition coefficient (Wildman–Crippen LogP) is 1.84. The van der Waals surface area contributed by atoms with Crippen LogP contribution >= 0.6 is 0 Å². The van der Waals surface area contributed by atoms with Crippen molar-refractivity contribution in [1.82, 2.24) is 10.6 Å². The number of rotatable bonds is 7. The molecule has 2 rings (SSSR count). The van der Waals surface area contributed by atoms with Gasteiger partial charge >= 0.3 is 0 Å². The van der Waals surface area contributed by atoms with E-state index in [2.05, 4.69) is 17.6 Å². The van der Waals surface area contributed by atoms with Crippen molar-refractivity contribution in [1.29, 1.82) is 0 Å². The van der Waals surface area contributed by atoms with Gasteiger partial charge in [0, 0.05) is 13.1 Å². The Morgan fingerprint density at radius 1 is 1.42 bits per heavy atom. The molecular weight excluding hydrogens is 240 g/mol. The normalized spacial score (nSPS) is 27.8. The van der Waals surface area contributed by atoms with Gasteiger partial charge in [0.15, 0.2) is 0 Å². The average Bonchev–Trinajstić information content (AvgIpc) is 3.06. The van der Waals surface area contributed by atoms with Crippen molar-refractivity contribution in [2.75, 3.05) is 26.2 Å². The van der Waals surface area contributed by atoms with Crippen molar-refractivity contribution in [3.8, 4) is 0 Å². The minimum absolute atomic E-state index is 0.165. The van der Waals surface area contributed by atoms with Crippen LogP contribution in [0.1, 0.15) is 51.9 Å². The molecule has 0 bridgehead atoms. The fraction of sp³-hybridized carbons (Fsp3) is 0.933. The first-order valence-corrected chi connectivity index (χ1v) is 7.87. The lowest BCUT2D eigenvalue weighted by Gasteiger charge is -2.26. The van der Waals surface area contributed by atoms with Crippen LogP contribution in [0.25, 0.3) is 0 Å². The fourth-order valence-electron chi connectivity index (χ4n) is 3.38. The van der Waals surface area contributed by atoms with E-state index >= 15 is 0 Å². The van der Waals surface area contributed by atoms with Gasteiger partial charge in [-0.05, 0) is 32.2 Å². The summed E-state index contributed by atoms with van der Waals surface area (Å²) in [6, 6.07) is 0. The van der Waals surface area contributed by atoms with Gasteiger partial charge in [-0.2, -0.15) is 0 Å². The number of hydrogen-bond donors (Lipinski definition) is 2. The molecule has 1 unspecified atom stereocenters. The van der Waals surface area contributed by atoms with Gasteiger partial charge in [0.25, 0.3) is 0 Å². The first kappa shape index (κ1) is 14.8. The molecule has 4 nitrogen and oxygen atoms in total. The van der Waals surface area contributed by atoms with Crippen molar-refractivity contribution in [2.24, 2.45) is 5.41 Å². The van der Waals surface area contributed by atoms with Crippen LogP contribution in [0.4, 0.5) is 0 Å². The molecule has 0 radical (unpaired) electrons. The molecule has 1 aliphatic carbocycles. The van der Waals surface area contributed by atoms with Crippen LogP contribution in [0, 0.1) is 5.41 Å². The average molecular weight is 268 g/mol. The summed E-state index contributed by atoms with van der Waals surface area (Å²) in [7, 11) is 0. The molecule has 2 aliphatic rings. The van der Waals surface area contributed by atoms with Gasteiger partial charge in [-0.3, -0.25) is 4.79 Å². The van der Waals surface area contributed by atoms with Gasteiger partial charge in [0.05, 0.1) is 18.1 Å². The Morgan fingerprint density at radius 3 is 2.84 bits per heavy atom. The summed E-state index contributed by atoms with van der Waals surface area (Å²) in [5.41, 5.74) is -0.165. The second kappa shape index (κ2) is 7.25. The maximum atomic E-state index is 12.3. The van der Waals surface area contributed by atoms with E-state index < -0.39 is 0 Å². The lowest BCUT2D eigenvalue weighted by atomic mass is 9.81. The van der Waals surface area contributed by atoms with Crippen molar-refractivity contribution in [3.63, 3.8) is 0 Å². The highest BCUT2D eigenvalue weighted by Gasteiger charge is 2.39. The third kappa shape index (κ3) is 3.93. The van der Waals surface area contributed by atoms with Gasteiger partial charge in [-0.1, -0.05) is 26.2 Å². The van der Waals surface area contributed by atoms with Gasteiger partial charge in [-0.25, -0.2) is 0 Å². The zero-order valence-electron chi connectivity index (χ0n) is 12.2. The molecule has 1 amide bonds. The quantitative estimate of drug-likeness (QED) is 0.693. The SMILES string of the molecule is CCCC1(C(=O)NCCOC2CCCC2)CCNC1. The molecular formula is C15H28N2O2. The van der Waals surface area contributed by atoms with E-state index in [1.807, 2.05) is 0 Å². The molecule has 1 heterocycles. The molecule has 1 saturated carbocycles. The van der Waals surface area contributed by atoms with Crippen molar-refractivity contribution in [3.05, 3.63) is 0 Å². The predicted molar refractivity (Wildman–Crippen MR) is 76.0 cm³/mol. The zero-order chi connectivity index (χ0) is 13.6. The number of carbonyl (C=O) groups excluding carboxylic acids is 1. The lowest BCUT2D eigenvalue weighted by Crippen LogP contribution is -2.43. The highest BCUT2D eigenvalue weighted by Crippen LogP contribution is 2.31. The van der Waals surface area contributed by atoms with Gasteiger partial charge < -0.3 is 15.4 Å². The number of ether oxygens (including phenoxy) is 1. The van der Waals surface area contributed by atoms with Crippen LogP contribution in [0.15, 0.2) is 0 Å². The van der Waals surface area contributed by atoms with E-state index in [9.17, 15) is 4.79 Å². The smallest absolute Gasteiger partial charge is 0.227 e. The number of carbonyl (C=O) groups is 1. The monoisotopic (exact) mass is 268 g/mol. The zero-order valence-corrected chi connectivity index (χ0v) is 12.2. The van der Waals surface area contributed by atoms with Crippen molar-refractivity contribution >= 4 is 5.91 Å². The Balaban J connectivity index is 1.67. The molecule has 0 aromatic carbocycles. The van der Waals surface area contributed by atoms with E-state index in [0.29, 0.717) is 19.3 Å². The Hall–Kier alpha value is -0.610. The molecule has 0 spiro atoms. The second-order valence-electron chi connectivity index (χ2n) is 5.99. The summed E-state index contributed by atoms with van der Waals surface area (Å²) in [6.45, 7) is 5.26. The van der Waals surface area contributed by atoms with Gasteiger partial charge in [0.2, 0.25) is 5.91 Å². The molecule has 2 fully saturated rings. The van der Waals surface area contributed by atoms with E-state index in [1.165, 1.54) is 25.7 Å². The third-order valence-electron chi connectivity index (χ3n) is 4.50. The molecule has 1 saturated heterocycles. The molecule has 2 N–H and O–H groups in total. The molecule has 1 aliphatic heterocycles. The van der Waals surface area contributed by atoms with Crippen LogP contribution in [-0.4, -0.2) is 38.3 Å². The Kier molecular flexibility index (Phi) is 5.64. The molecule has 19 heavy (non-hydrogen) atoms.